The van der Waals surface area contributed by atoms with Crippen molar-refractivity contribution in [3.05, 3.63) is 35.6 Å². The number of ether oxygens (including phenoxy) is 1. The topological polar surface area (TPSA) is 21.3 Å². The van der Waals surface area contributed by atoms with Crippen molar-refractivity contribution >= 4 is 0 Å². The largest absolute Gasteiger partial charge is 0.380 e. The van der Waals surface area contributed by atoms with Gasteiger partial charge in [0.05, 0.1) is 6.10 Å². The highest BCUT2D eigenvalue weighted by Gasteiger charge is 2.30. The van der Waals surface area contributed by atoms with E-state index in [1.165, 1.54) is 38.2 Å². The van der Waals surface area contributed by atoms with Gasteiger partial charge in [0, 0.05) is 13.2 Å². The second-order valence-electron chi connectivity index (χ2n) is 6.10. The molecule has 0 spiro atoms. The summed E-state index contributed by atoms with van der Waals surface area (Å²) in [6, 6.07) is 7.18. The summed E-state index contributed by atoms with van der Waals surface area (Å²) in [6.45, 7) is 3.03. The van der Waals surface area contributed by atoms with Gasteiger partial charge in [-0.25, -0.2) is 4.39 Å². The molecule has 0 aromatic heterocycles. The van der Waals surface area contributed by atoms with Crippen LogP contribution in [0.4, 0.5) is 4.39 Å². The highest BCUT2D eigenvalue weighted by molar-refractivity contribution is 5.18. The van der Waals surface area contributed by atoms with E-state index in [0.717, 1.165) is 18.5 Å². The number of rotatable bonds is 7. The minimum atomic E-state index is -0.158. The minimum Gasteiger partial charge on any atom is -0.380 e. The van der Waals surface area contributed by atoms with Crippen molar-refractivity contribution < 1.29 is 9.13 Å². The highest BCUT2D eigenvalue weighted by Crippen LogP contribution is 2.30. The molecule has 2 rings (SSSR count). The number of hydrogen-bond acceptors (Lipinski definition) is 2. The zero-order chi connectivity index (χ0) is 15.1. The predicted molar refractivity (Wildman–Crippen MR) is 84.9 cm³/mol. The van der Waals surface area contributed by atoms with E-state index in [4.69, 9.17) is 4.74 Å². The maximum absolute atomic E-state index is 13.4. The molecule has 1 saturated carbocycles. The van der Waals surface area contributed by atoms with E-state index in [-0.39, 0.29) is 18.0 Å². The van der Waals surface area contributed by atoms with Gasteiger partial charge in [0.15, 0.2) is 0 Å². The average Bonchev–Trinajstić information content (AvgIpc) is 2.49. The maximum Gasteiger partial charge on any atom is 0.123 e. The number of nitrogens with one attached hydrogen (secondary N) is 1. The van der Waals surface area contributed by atoms with E-state index >= 15 is 0 Å². The van der Waals surface area contributed by atoms with E-state index < -0.39 is 0 Å². The van der Waals surface area contributed by atoms with Gasteiger partial charge in [0.25, 0.3) is 0 Å². The van der Waals surface area contributed by atoms with Crippen molar-refractivity contribution in [3.8, 4) is 0 Å². The van der Waals surface area contributed by atoms with Crippen molar-refractivity contribution in [1.29, 1.82) is 0 Å². The van der Waals surface area contributed by atoms with Crippen molar-refractivity contribution in [2.75, 3.05) is 13.7 Å². The number of halogens is 1. The van der Waals surface area contributed by atoms with Crippen LogP contribution in [-0.4, -0.2) is 25.8 Å². The average molecular weight is 293 g/mol. The Kier molecular flexibility index (Phi) is 6.65. The fourth-order valence-corrected chi connectivity index (χ4v) is 3.63. The van der Waals surface area contributed by atoms with Gasteiger partial charge >= 0.3 is 0 Å². The zero-order valence-corrected chi connectivity index (χ0v) is 13.3. The molecule has 0 amide bonds. The molecular formula is C18H28FNO. The Hall–Kier alpha value is -0.930. The summed E-state index contributed by atoms with van der Waals surface area (Å²) < 4.78 is 19.2. The molecule has 1 aliphatic carbocycles. The molecule has 2 unspecified atom stereocenters. The van der Waals surface area contributed by atoms with Crippen LogP contribution in [-0.2, 0) is 11.2 Å². The molecule has 0 heterocycles. The molecule has 1 aromatic rings. The fraction of sp³-hybridized carbons (Fsp3) is 0.667. The summed E-state index contributed by atoms with van der Waals surface area (Å²) in [5.41, 5.74) is 1.04. The van der Waals surface area contributed by atoms with Crippen LogP contribution in [0.25, 0.3) is 0 Å². The van der Waals surface area contributed by atoms with E-state index in [1.54, 1.807) is 12.1 Å². The molecule has 1 N–H and O–H groups in total. The number of benzene rings is 1. The van der Waals surface area contributed by atoms with Gasteiger partial charge in [-0.2, -0.15) is 0 Å². The van der Waals surface area contributed by atoms with E-state index in [0.29, 0.717) is 5.92 Å². The molecule has 1 aromatic carbocycles. The number of hydrogen-bond donors (Lipinski definition) is 1. The van der Waals surface area contributed by atoms with Crippen LogP contribution < -0.4 is 5.32 Å². The van der Waals surface area contributed by atoms with Crippen LogP contribution in [0.1, 0.15) is 44.6 Å². The molecule has 0 radical (unpaired) electrons. The summed E-state index contributed by atoms with van der Waals surface area (Å²) in [6.07, 6.45) is 7.51. The van der Waals surface area contributed by atoms with Crippen LogP contribution in [0.2, 0.25) is 0 Å². The smallest absolute Gasteiger partial charge is 0.123 e. The van der Waals surface area contributed by atoms with Crippen LogP contribution in [0, 0.1) is 11.7 Å². The lowest BCUT2D eigenvalue weighted by molar-refractivity contribution is 0.00867. The lowest BCUT2D eigenvalue weighted by Crippen LogP contribution is -2.47. The summed E-state index contributed by atoms with van der Waals surface area (Å²) in [7, 11) is 1.81. The summed E-state index contributed by atoms with van der Waals surface area (Å²) >= 11 is 0. The molecule has 1 fully saturated rings. The van der Waals surface area contributed by atoms with E-state index in [1.807, 2.05) is 13.2 Å². The molecule has 21 heavy (non-hydrogen) atoms. The van der Waals surface area contributed by atoms with Crippen LogP contribution in [0.5, 0.6) is 0 Å². The SMILES string of the molecule is CCNC(Cc1cccc(F)c1)C(OC)C1CCCCC1. The summed E-state index contributed by atoms with van der Waals surface area (Å²) in [4.78, 5) is 0. The molecular weight excluding hydrogens is 265 g/mol. The number of methoxy groups -OCH3 is 1. The Morgan fingerprint density at radius 3 is 2.67 bits per heavy atom. The Morgan fingerprint density at radius 1 is 1.29 bits per heavy atom. The maximum atomic E-state index is 13.4. The third kappa shape index (κ3) is 4.79. The van der Waals surface area contributed by atoms with Crippen molar-refractivity contribution in [2.24, 2.45) is 5.92 Å². The monoisotopic (exact) mass is 293 g/mol. The van der Waals surface area contributed by atoms with E-state index in [9.17, 15) is 4.39 Å². The first kappa shape index (κ1) is 16.4. The van der Waals surface area contributed by atoms with Crippen LogP contribution in [0.3, 0.4) is 0 Å². The van der Waals surface area contributed by atoms with Gasteiger partial charge in [-0.05, 0) is 49.4 Å². The molecule has 2 atom stereocenters. The van der Waals surface area contributed by atoms with Crippen molar-refractivity contribution in [1.82, 2.24) is 5.32 Å². The first-order chi connectivity index (χ1) is 10.2. The first-order valence-corrected chi connectivity index (χ1v) is 8.25. The van der Waals surface area contributed by atoms with Crippen LogP contribution in [0.15, 0.2) is 24.3 Å². The zero-order valence-electron chi connectivity index (χ0n) is 13.3. The fourth-order valence-electron chi connectivity index (χ4n) is 3.63. The molecule has 3 heteroatoms. The normalized spacial score (nSPS) is 19.4. The van der Waals surface area contributed by atoms with E-state index in [2.05, 4.69) is 12.2 Å². The number of likely N-dealkylation sites (N-methyl/N-ethyl adjacent to an activating group) is 1. The van der Waals surface area contributed by atoms with Crippen molar-refractivity contribution in [2.45, 2.75) is 57.6 Å². The third-order valence-corrected chi connectivity index (χ3v) is 4.59. The molecule has 2 nitrogen and oxygen atoms in total. The van der Waals surface area contributed by atoms with Gasteiger partial charge in [-0.1, -0.05) is 38.3 Å². The lowest BCUT2D eigenvalue weighted by Gasteiger charge is -2.35. The molecule has 1 aliphatic rings. The van der Waals surface area contributed by atoms with Gasteiger partial charge in [0.1, 0.15) is 5.82 Å². The minimum absolute atomic E-state index is 0.158. The first-order valence-electron chi connectivity index (χ1n) is 8.25. The third-order valence-electron chi connectivity index (χ3n) is 4.59. The predicted octanol–water partition coefficient (Wildman–Crippen LogP) is 3.94. The Bertz CT molecular complexity index is 417. The molecule has 0 aliphatic heterocycles. The Balaban J connectivity index is 2.07. The highest BCUT2D eigenvalue weighted by atomic mass is 19.1. The molecule has 118 valence electrons. The molecule has 0 saturated heterocycles. The van der Waals surface area contributed by atoms with Gasteiger partial charge in [0.2, 0.25) is 0 Å². The Morgan fingerprint density at radius 2 is 2.05 bits per heavy atom. The lowest BCUT2D eigenvalue weighted by atomic mass is 9.81. The second kappa shape index (κ2) is 8.50. The van der Waals surface area contributed by atoms with Gasteiger partial charge in [-0.3, -0.25) is 0 Å². The second-order valence-corrected chi connectivity index (χ2v) is 6.10. The molecule has 0 bridgehead atoms. The van der Waals surface area contributed by atoms with Gasteiger partial charge in [-0.15, -0.1) is 0 Å². The summed E-state index contributed by atoms with van der Waals surface area (Å²) in [5.74, 6) is 0.468. The Labute approximate surface area is 128 Å². The van der Waals surface area contributed by atoms with Crippen molar-refractivity contribution in [3.63, 3.8) is 0 Å². The quantitative estimate of drug-likeness (QED) is 0.822. The van der Waals surface area contributed by atoms with Gasteiger partial charge < -0.3 is 10.1 Å². The summed E-state index contributed by atoms with van der Waals surface area (Å²) in [5, 5.41) is 3.55. The standard InChI is InChI=1S/C18H28FNO/c1-3-20-17(13-14-8-7-11-16(19)12-14)18(21-2)15-9-5-4-6-10-15/h7-8,11-12,15,17-18,20H,3-6,9-10,13H2,1-2H3. The van der Waals surface area contributed by atoms with Crippen LogP contribution >= 0.6 is 0 Å².